The van der Waals surface area contributed by atoms with Crippen LogP contribution in [-0.2, 0) is 16.6 Å². The smallest absolute Gasteiger partial charge is 0.240 e. The number of halogens is 1. The topological polar surface area (TPSA) is 66.4 Å². The van der Waals surface area contributed by atoms with Crippen LogP contribution in [0.2, 0.25) is 5.02 Å². The van der Waals surface area contributed by atoms with Crippen LogP contribution in [0.25, 0.3) is 0 Å². The SMILES string of the molecule is CCC(NS(=O)(=O)c1ccc(CO)c(Cl)c1)C(C)C. The van der Waals surface area contributed by atoms with Gasteiger partial charge in [0.25, 0.3) is 0 Å². The van der Waals surface area contributed by atoms with Crippen LogP contribution in [0.1, 0.15) is 32.8 Å². The van der Waals surface area contributed by atoms with Crippen LogP contribution < -0.4 is 4.72 Å². The van der Waals surface area contributed by atoms with E-state index in [1.54, 1.807) is 0 Å². The molecule has 0 aliphatic rings. The van der Waals surface area contributed by atoms with E-state index in [4.69, 9.17) is 16.7 Å². The molecule has 1 rings (SSSR count). The van der Waals surface area contributed by atoms with E-state index < -0.39 is 10.0 Å². The van der Waals surface area contributed by atoms with E-state index in [1.807, 2.05) is 20.8 Å². The molecule has 0 heterocycles. The van der Waals surface area contributed by atoms with Crippen molar-refractivity contribution in [3.8, 4) is 0 Å². The Labute approximate surface area is 119 Å². The zero-order chi connectivity index (χ0) is 14.6. The second-order valence-corrected chi connectivity index (χ2v) is 6.91. The average molecular weight is 306 g/mol. The Balaban J connectivity index is 3.03. The first kappa shape index (κ1) is 16.4. The van der Waals surface area contributed by atoms with E-state index in [1.165, 1.54) is 18.2 Å². The lowest BCUT2D eigenvalue weighted by molar-refractivity contribution is 0.282. The summed E-state index contributed by atoms with van der Waals surface area (Å²) in [4.78, 5) is 0.119. The molecule has 108 valence electrons. The van der Waals surface area contributed by atoms with Gasteiger partial charge < -0.3 is 5.11 Å². The quantitative estimate of drug-likeness (QED) is 0.849. The molecule has 0 saturated carbocycles. The van der Waals surface area contributed by atoms with Crippen molar-refractivity contribution < 1.29 is 13.5 Å². The van der Waals surface area contributed by atoms with Gasteiger partial charge in [0.1, 0.15) is 0 Å². The lowest BCUT2D eigenvalue weighted by Crippen LogP contribution is -2.37. The van der Waals surface area contributed by atoms with Crippen LogP contribution in [0.4, 0.5) is 0 Å². The second-order valence-electron chi connectivity index (χ2n) is 4.79. The molecular formula is C13H20ClNO3S. The maximum absolute atomic E-state index is 12.2. The summed E-state index contributed by atoms with van der Waals surface area (Å²) in [5.74, 6) is 0.215. The molecule has 0 aliphatic heterocycles. The van der Waals surface area contributed by atoms with Crippen molar-refractivity contribution in [1.82, 2.24) is 4.72 Å². The van der Waals surface area contributed by atoms with Gasteiger partial charge in [0, 0.05) is 11.1 Å². The summed E-state index contributed by atoms with van der Waals surface area (Å²) in [5.41, 5.74) is 0.511. The summed E-state index contributed by atoms with van der Waals surface area (Å²) in [7, 11) is -3.58. The number of sulfonamides is 1. The van der Waals surface area contributed by atoms with Gasteiger partial charge in [-0.25, -0.2) is 13.1 Å². The Hall–Kier alpha value is -0.620. The van der Waals surface area contributed by atoms with Crippen LogP contribution in [0, 0.1) is 5.92 Å². The van der Waals surface area contributed by atoms with E-state index >= 15 is 0 Å². The fraction of sp³-hybridized carbons (Fsp3) is 0.538. The van der Waals surface area contributed by atoms with Gasteiger partial charge >= 0.3 is 0 Å². The molecule has 0 amide bonds. The van der Waals surface area contributed by atoms with Gasteiger partial charge in [0.05, 0.1) is 11.5 Å². The maximum Gasteiger partial charge on any atom is 0.240 e. The molecule has 1 aromatic rings. The highest BCUT2D eigenvalue weighted by atomic mass is 35.5. The zero-order valence-corrected chi connectivity index (χ0v) is 12.9. The zero-order valence-electron chi connectivity index (χ0n) is 11.4. The fourth-order valence-electron chi connectivity index (χ4n) is 1.78. The maximum atomic E-state index is 12.2. The lowest BCUT2D eigenvalue weighted by atomic mass is 10.0. The largest absolute Gasteiger partial charge is 0.392 e. The summed E-state index contributed by atoms with van der Waals surface area (Å²) in [6.45, 7) is 5.67. The number of rotatable bonds is 6. The normalized spacial score (nSPS) is 13.8. The third-order valence-electron chi connectivity index (χ3n) is 3.06. The number of aliphatic hydroxyl groups excluding tert-OH is 1. The van der Waals surface area contributed by atoms with Gasteiger partial charge in [0.2, 0.25) is 10.0 Å². The first-order valence-electron chi connectivity index (χ1n) is 6.23. The van der Waals surface area contributed by atoms with Gasteiger partial charge in [-0.1, -0.05) is 38.4 Å². The van der Waals surface area contributed by atoms with E-state index in [0.29, 0.717) is 5.56 Å². The predicted octanol–water partition coefficient (Wildman–Crippen LogP) is 2.55. The fourth-order valence-corrected chi connectivity index (χ4v) is 3.58. The summed E-state index contributed by atoms with van der Waals surface area (Å²) in [6, 6.07) is 4.23. The molecule has 0 aliphatic carbocycles. The van der Waals surface area contributed by atoms with E-state index in [-0.39, 0.29) is 28.5 Å². The lowest BCUT2D eigenvalue weighted by Gasteiger charge is -2.20. The Morgan fingerprint density at radius 1 is 1.37 bits per heavy atom. The third kappa shape index (κ3) is 4.18. The minimum absolute atomic E-state index is 0.110. The Morgan fingerprint density at radius 3 is 2.42 bits per heavy atom. The minimum atomic E-state index is -3.58. The van der Waals surface area contributed by atoms with Crippen molar-refractivity contribution in [2.75, 3.05) is 0 Å². The van der Waals surface area contributed by atoms with Crippen LogP contribution in [-0.4, -0.2) is 19.6 Å². The van der Waals surface area contributed by atoms with Gasteiger partial charge in [-0.05, 0) is 30.0 Å². The summed E-state index contributed by atoms with van der Waals surface area (Å²) < 4.78 is 27.1. The van der Waals surface area contributed by atoms with Crippen LogP contribution in [0.5, 0.6) is 0 Å². The van der Waals surface area contributed by atoms with Crippen molar-refractivity contribution in [3.05, 3.63) is 28.8 Å². The van der Waals surface area contributed by atoms with Crippen molar-refractivity contribution in [3.63, 3.8) is 0 Å². The summed E-state index contributed by atoms with van der Waals surface area (Å²) in [5, 5.41) is 9.27. The number of hydrogen-bond acceptors (Lipinski definition) is 3. The van der Waals surface area contributed by atoms with Gasteiger partial charge in [-0.15, -0.1) is 0 Å². The molecule has 19 heavy (non-hydrogen) atoms. The minimum Gasteiger partial charge on any atom is -0.392 e. The van der Waals surface area contributed by atoms with E-state index in [9.17, 15) is 8.42 Å². The number of aliphatic hydroxyl groups is 1. The summed E-state index contributed by atoms with van der Waals surface area (Å²) in [6.07, 6.45) is 0.722. The van der Waals surface area contributed by atoms with Crippen LogP contribution >= 0.6 is 11.6 Å². The molecule has 1 aromatic carbocycles. The third-order valence-corrected chi connectivity index (χ3v) is 4.90. The van der Waals surface area contributed by atoms with Crippen LogP contribution in [0.3, 0.4) is 0 Å². The number of hydrogen-bond donors (Lipinski definition) is 2. The Morgan fingerprint density at radius 2 is 2.00 bits per heavy atom. The molecule has 0 spiro atoms. The summed E-state index contributed by atoms with van der Waals surface area (Å²) >= 11 is 5.92. The van der Waals surface area contributed by atoms with E-state index in [2.05, 4.69) is 4.72 Å². The van der Waals surface area contributed by atoms with Gasteiger partial charge in [0.15, 0.2) is 0 Å². The molecule has 4 nitrogen and oxygen atoms in total. The highest BCUT2D eigenvalue weighted by molar-refractivity contribution is 7.89. The molecule has 6 heteroatoms. The molecule has 1 unspecified atom stereocenters. The van der Waals surface area contributed by atoms with Crippen molar-refractivity contribution in [2.24, 2.45) is 5.92 Å². The standard InChI is InChI=1S/C13H20ClNO3S/c1-4-13(9(2)3)15-19(17,18)11-6-5-10(8-16)12(14)7-11/h5-7,9,13,15-16H,4,8H2,1-3H3. The van der Waals surface area contributed by atoms with Gasteiger partial charge in [-0.3, -0.25) is 0 Å². The van der Waals surface area contributed by atoms with Gasteiger partial charge in [-0.2, -0.15) is 0 Å². The molecule has 0 radical (unpaired) electrons. The highest BCUT2D eigenvalue weighted by Gasteiger charge is 2.21. The molecule has 2 N–H and O–H groups in total. The Bertz CT molecular complexity index is 529. The van der Waals surface area contributed by atoms with Crippen molar-refractivity contribution >= 4 is 21.6 Å². The molecule has 0 bridgehead atoms. The first-order chi connectivity index (χ1) is 8.81. The molecule has 0 aromatic heterocycles. The van der Waals surface area contributed by atoms with E-state index in [0.717, 1.165) is 6.42 Å². The average Bonchev–Trinajstić information content (AvgIpc) is 2.35. The molecule has 1 atom stereocenters. The molecule has 0 saturated heterocycles. The van der Waals surface area contributed by atoms with Crippen molar-refractivity contribution in [1.29, 1.82) is 0 Å². The molecular weight excluding hydrogens is 286 g/mol. The first-order valence-corrected chi connectivity index (χ1v) is 8.09. The molecule has 0 fully saturated rings. The van der Waals surface area contributed by atoms with Crippen LogP contribution in [0.15, 0.2) is 23.1 Å². The number of benzene rings is 1. The monoisotopic (exact) mass is 305 g/mol. The Kier molecular flexibility index (Phi) is 5.80. The number of nitrogens with one attached hydrogen (secondary N) is 1. The highest BCUT2D eigenvalue weighted by Crippen LogP contribution is 2.21. The predicted molar refractivity (Wildman–Crippen MR) is 76.6 cm³/mol. The van der Waals surface area contributed by atoms with Crippen molar-refractivity contribution in [2.45, 2.75) is 44.7 Å². The second kappa shape index (κ2) is 6.70.